The van der Waals surface area contributed by atoms with E-state index in [-0.39, 0.29) is 5.41 Å². The first-order chi connectivity index (χ1) is 34.0. The zero-order valence-electron chi connectivity index (χ0n) is 38.8. The van der Waals surface area contributed by atoms with Gasteiger partial charge in [0.1, 0.15) is 0 Å². The number of nitrogens with zero attached hydrogens (tertiary/aromatic N) is 2. The van der Waals surface area contributed by atoms with Gasteiger partial charge in [-0.25, -0.2) is 0 Å². The summed E-state index contributed by atoms with van der Waals surface area (Å²) in [5, 5.41) is 2.44. The molecule has 0 aromatic heterocycles. The van der Waals surface area contributed by atoms with E-state index < -0.39 is 0 Å². The number of benzene rings is 11. The summed E-state index contributed by atoms with van der Waals surface area (Å²) in [6.07, 6.45) is 0. The average molecular weight is 883 g/mol. The Bertz CT molecular complexity index is 3570. The second kappa shape index (κ2) is 17.5. The SMILES string of the molecule is CC1(C)c2ccccc2-c2ccc(N(c3ccc(-c4ccccc4-c4ccccc4-c4ccc(N(c5ccccc5)c5ccccc5)cc4)cc3)c3ccc4ccccc4c3-c3ccccc3)cc21. The van der Waals surface area contributed by atoms with E-state index in [0.29, 0.717) is 0 Å². The van der Waals surface area contributed by atoms with Crippen molar-refractivity contribution in [1.82, 2.24) is 0 Å². The summed E-state index contributed by atoms with van der Waals surface area (Å²) in [5.41, 5.74) is 21.4. The van der Waals surface area contributed by atoms with Gasteiger partial charge in [0.25, 0.3) is 0 Å². The first-order valence-electron chi connectivity index (χ1n) is 23.9. The lowest BCUT2D eigenvalue weighted by molar-refractivity contribution is 0.660. The largest absolute Gasteiger partial charge is 0.311 e. The average Bonchev–Trinajstić information content (AvgIpc) is 3.65. The maximum Gasteiger partial charge on any atom is 0.0546 e. The molecular formula is C67H50N2. The standard InChI is InChI=1S/C67H50N2/c1-67(2)63-33-19-18-32-61(63)62-44-43-55(46-64(62)67)69(65-45-38-47-20-12-13-29-58(47)66(65)50-21-6-3-7-22-50)54-41-36-49(37-42-54)57-28-15-17-31-60(57)59-30-16-14-27-56(59)48-34-39-53(40-35-48)68(51-23-8-4-9-24-51)52-25-10-5-11-26-52/h3-46H,1-2H3. The summed E-state index contributed by atoms with van der Waals surface area (Å²) in [6.45, 7) is 4.73. The molecule has 2 nitrogen and oxygen atoms in total. The van der Waals surface area contributed by atoms with Crippen LogP contribution < -0.4 is 9.80 Å². The van der Waals surface area contributed by atoms with Crippen LogP contribution >= 0.6 is 0 Å². The van der Waals surface area contributed by atoms with E-state index in [4.69, 9.17) is 0 Å². The van der Waals surface area contributed by atoms with Crippen LogP contribution in [0, 0.1) is 0 Å². The highest BCUT2D eigenvalue weighted by molar-refractivity contribution is 6.06. The molecule has 0 radical (unpaired) electrons. The molecule has 2 heteroatoms. The first kappa shape index (κ1) is 41.7. The fourth-order valence-electron chi connectivity index (χ4n) is 10.7. The fourth-order valence-corrected chi connectivity index (χ4v) is 10.7. The smallest absolute Gasteiger partial charge is 0.0546 e. The van der Waals surface area contributed by atoms with Crippen molar-refractivity contribution in [3.8, 4) is 55.6 Å². The predicted octanol–water partition coefficient (Wildman–Crippen LogP) is 18.8. The van der Waals surface area contributed by atoms with Crippen LogP contribution in [0.5, 0.6) is 0 Å². The monoisotopic (exact) mass is 882 g/mol. The lowest BCUT2D eigenvalue weighted by Gasteiger charge is -2.30. The van der Waals surface area contributed by atoms with Gasteiger partial charge >= 0.3 is 0 Å². The molecule has 11 aromatic carbocycles. The molecule has 1 aliphatic rings. The highest BCUT2D eigenvalue weighted by Gasteiger charge is 2.36. The molecule has 0 aliphatic heterocycles. The van der Waals surface area contributed by atoms with Gasteiger partial charge < -0.3 is 9.80 Å². The minimum Gasteiger partial charge on any atom is -0.311 e. The minimum absolute atomic E-state index is 0.143. The Kier molecular flexibility index (Phi) is 10.6. The summed E-state index contributed by atoms with van der Waals surface area (Å²) in [7, 11) is 0. The Balaban J connectivity index is 0.955. The Labute approximate surface area is 405 Å². The third-order valence-corrected chi connectivity index (χ3v) is 14.1. The van der Waals surface area contributed by atoms with Crippen molar-refractivity contribution in [2.24, 2.45) is 0 Å². The van der Waals surface area contributed by atoms with Gasteiger partial charge in [-0.2, -0.15) is 0 Å². The van der Waals surface area contributed by atoms with Crippen LogP contribution in [-0.4, -0.2) is 0 Å². The molecule has 328 valence electrons. The van der Waals surface area contributed by atoms with Crippen LogP contribution in [0.4, 0.5) is 34.1 Å². The number of para-hydroxylation sites is 2. The summed E-state index contributed by atoms with van der Waals surface area (Å²) in [4.78, 5) is 4.78. The molecule has 1 aliphatic carbocycles. The van der Waals surface area contributed by atoms with Gasteiger partial charge in [0.05, 0.1) is 5.69 Å². The summed E-state index contributed by atoms with van der Waals surface area (Å²) in [5.74, 6) is 0. The van der Waals surface area contributed by atoms with Crippen molar-refractivity contribution < 1.29 is 0 Å². The van der Waals surface area contributed by atoms with Gasteiger partial charge in [-0.1, -0.05) is 214 Å². The number of hydrogen-bond donors (Lipinski definition) is 0. The first-order valence-corrected chi connectivity index (χ1v) is 23.9. The molecule has 0 amide bonds. The van der Waals surface area contributed by atoms with Crippen molar-refractivity contribution in [3.63, 3.8) is 0 Å². The molecule has 0 spiro atoms. The van der Waals surface area contributed by atoms with Crippen LogP contribution in [0.1, 0.15) is 25.0 Å². The van der Waals surface area contributed by atoms with Gasteiger partial charge in [0.2, 0.25) is 0 Å². The Morgan fingerprint density at radius 2 is 0.710 bits per heavy atom. The van der Waals surface area contributed by atoms with E-state index in [0.717, 1.165) is 39.7 Å². The molecule has 0 bridgehead atoms. The summed E-state index contributed by atoms with van der Waals surface area (Å²) < 4.78 is 0. The van der Waals surface area contributed by atoms with Crippen molar-refractivity contribution in [2.75, 3.05) is 9.80 Å². The van der Waals surface area contributed by atoms with E-state index in [2.05, 4.69) is 291 Å². The Morgan fingerprint density at radius 1 is 0.275 bits per heavy atom. The summed E-state index contributed by atoms with van der Waals surface area (Å²) in [6, 6.07) is 97.2. The second-order valence-corrected chi connectivity index (χ2v) is 18.5. The number of hydrogen-bond acceptors (Lipinski definition) is 2. The van der Waals surface area contributed by atoms with E-state index in [1.165, 1.54) is 72.0 Å². The van der Waals surface area contributed by atoms with E-state index >= 15 is 0 Å². The Morgan fingerprint density at radius 3 is 1.30 bits per heavy atom. The van der Waals surface area contributed by atoms with Crippen molar-refractivity contribution >= 4 is 44.9 Å². The van der Waals surface area contributed by atoms with Crippen LogP contribution in [0.2, 0.25) is 0 Å². The highest BCUT2D eigenvalue weighted by Crippen LogP contribution is 2.52. The minimum atomic E-state index is -0.143. The number of fused-ring (bicyclic) bond motifs is 4. The molecule has 0 atom stereocenters. The van der Waals surface area contributed by atoms with Crippen LogP contribution in [-0.2, 0) is 5.41 Å². The summed E-state index contributed by atoms with van der Waals surface area (Å²) >= 11 is 0. The molecule has 0 fully saturated rings. The molecule has 69 heavy (non-hydrogen) atoms. The van der Waals surface area contributed by atoms with Gasteiger partial charge in [-0.3, -0.25) is 0 Å². The van der Waals surface area contributed by atoms with Gasteiger partial charge in [0, 0.05) is 39.4 Å². The maximum absolute atomic E-state index is 2.47. The van der Waals surface area contributed by atoms with Gasteiger partial charge in [-0.15, -0.1) is 0 Å². The van der Waals surface area contributed by atoms with E-state index in [1.54, 1.807) is 0 Å². The molecule has 0 N–H and O–H groups in total. The van der Waals surface area contributed by atoms with E-state index in [9.17, 15) is 0 Å². The Hall–Kier alpha value is -8.72. The van der Waals surface area contributed by atoms with Crippen LogP contribution in [0.25, 0.3) is 66.4 Å². The second-order valence-electron chi connectivity index (χ2n) is 18.5. The van der Waals surface area contributed by atoms with Crippen molar-refractivity contribution in [1.29, 1.82) is 0 Å². The third kappa shape index (κ3) is 7.48. The highest BCUT2D eigenvalue weighted by atomic mass is 15.1. The molecular weight excluding hydrogens is 833 g/mol. The zero-order valence-corrected chi connectivity index (χ0v) is 38.8. The van der Waals surface area contributed by atoms with Crippen molar-refractivity contribution in [2.45, 2.75) is 19.3 Å². The third-order valence-electron chi connectivity index (χ3n) is 14.1. The zero-order chi connectivity index (χ0) is 46.3. The normalized spacial score (nSPS) is 12.3. The quantitative estimate of drug-likeness (QED) is 0.135. The molecule has 0 saturated heterocycles. The predicted molar refractivity (Wildman–Crippen MR) is 293 cm³/mol. The molecule has 0 heterocycles. The topological polar surface area (TPSA) is 6.48 Å². The van der Waals surface area contributed by atoms with Crippen LogP contribution in [0.3, 0.4) is 0 Å². The van der Waals surface area contributed by atoms with Gasteiger partial charge in [0.15, 0.2) is 0 Å². The van der Waals surface area contributed by atoms with Gasteiger partial charge in [-0.05, 0) is 139 Å². The van der Waals surface area contributed by atoms with Crippen molar-refractivity contribution in [3.05, 3.63) is 278 Å². The lowest BCUT2D eigenvalue weighted by Crippen LogP contribution is -2.17. The maximum atomic E-state index is 2.47. The molecule has 0 saturated carbocycles. The molecule has 12 rings (SSSR count). The fraction of sp³-hybridized carbons (Fsp3) is 0.0448. The molecule has 0 unspecified atom stereocenters. The van der Waals surface area contributed by atoms with E-state index in [1.807, 2.05) is 0 Å². The van der Waals surface area contributed by atoms with Crippen LogP contribution in [0.15, 0.2) is 267 Å². The lowest BCUT2D eigenvalue weighted by atomic mass is 9.82. The molecule has 11 aromatic rings. The number of rotatable bonds is 10. The number of anilines is 6.